The van der Waals surface area contributed by atoms with E-state index in [1.54, 1.807) is 17.7 Å². The largest absolute Gasteiger partial charge is 0.477 e. The lowest BCUT2D eigenvalue weighted by Gasteiger charge is -2.07. The van der Waals surface area contributed by atoms with Gasteiger partial charge in [0.2, 0.25) is 0 Å². The minimum absolute atomic E-state index is 0.289. The van der Waals surface area contributed by atoms with Gasteiger partial charge in [-0.1, -0.05) is 28.1 Å². The average Bonchev–Trinajstić information content (AvgIpc) is 2.64. The number of carboxylic acid groups (broad SMARTS) is 1. The summed E-state index contributed by atoms with van der Waals surface area (Å²) in [6, 6.07) is 9.43. The Morgan fingerprint density at radius 3 is 2.53 bits per heavy atom. The molecule has 17 heavy (non-hydrogen) atoms. The first-order valence-corrected chi connectivity index (χ1v) is 5.95. The van der Waals surface area contributed by atoms with E-state index in [0.29, 0.717) is 0 Å². The monoisotopic (exact) mass is 293 g/mol. The molecular formula is C13H12BrNO2. The van der Waals surface area contributed by atoms with E-state index in [0.717, 1.165) is 21.3 Å². The third-order valence-electron chi connectivity index (χ3n) is 2.81. The molecule has 0 bridgehead atoms. The quantitative estimate of drug-likeness (QED) is 0.921. The molecule has 1 N–H and O–H groups in total. The van der Waals surface area contributed by atoms with Crippen LogP contribution in [0.2, 0.25) is 0 Å². The van der Waals surface area contributed by atoms with Gasteiger partial charge in [-0.25, -0.2) is 4.79 Å². The van der Waals surface area contributed by atoms with Crippen molar-refractivity contribution >= 4 is 21.9 Å². The smallest absolute Gasteiger partial charge is 0.352 e. The van der Waals surface area contributed by atoms with Crippen LogP contribution in [-0.2, 0) is 7.05 Å². The van der Waals surface area contributed by atoms with Crippen LogP contribution in [-0.4, -0.2) is 15.6 Å². The fourth-order valence-corrected chi connectivity index (χ4v) is 2.15. The molecular weight excluding hydrogens is 282 g/mol. The van der Waals surface area contributed by atoms with Crippen molar-refractivity contribution < 1.29 is 9.90 Å². The van der Waals surface area contributed by atoms with Gasteiger partial charge in [0.15, 0.2) is 0 Å². The molecule has 0 fully saturated rings. The molecule has 0 saturated carbocycles. The van der Waals surface area contributed by atoms with Crippen molar-refractivity contribution in [2.24, 2.45) is 7.05 Å². The summed E-state index contributed by atoms with van der Waals surface area (Å²) in [5, 5.41) is 8.99. The molecule has 0 spiro atoms. The Bertz CT molecular complexity index is 587. The standard InChI is InChI=1S/C13H12BrNO2/c1-8-3-4-9(7-10(8)14)11-5-6-12(13(16)17)15(11)2/h3-7H,1-2H3,(H,16,17). The number of aromatic nitrogens is 1. The second-order valence-electron chi connectivity index (χ2n) is 3.93. The molecule has 0 aliphatic heterocycles. The lowest BCUT2D eigenvalue weighted by molar-refractivity contribution is 0.0687. The topological polar surface area (TPSA) is 42.2 Å². The summed E-state index contributed by atoms with van der Waals surface area (Å²) in [7, 11) is 1.76. The van der Waals surface area contributed by atoms with Gasteiger partial charge in [0.25, 0.3) is 0 Å². The van der Waals surface area contributed by atoms with Crippen LogP contribution in [0.4, 0.5) is 0 Å². The van der Waals surface area contributed by atoms with Gasteiger partial charge in [-0.2, -0.15) is 0 Å². The molecule has 0 radical (unpaired) electrons. The number of aryl methyl sites for hydroxylation is 1. The van der Waals surface area contributed by atoms with Crippen molar-refractivity contribution in [3.63, 3.8) is 0 Å². The predicted octanol–water partition coefficient (Wildman–Crippen LogP) is 3.46. The number of nitrogens with zero attached hydrogens (tertiary/aromatic N) is 1. The highest BCUT2D eigenvalue weighted by atomic mass is 79.9. The van der Waals surface area contributed by atoms with Crippen LogP contribution in [0, 0.1) is 6.92 Å². The molecule has 4 heteroatoms. The van der Waals surface area contributed by atoms with Crippen molar-refractivity contribution in [1.29, 1.82) is 0 Å². The summed E-state index contributed by atoms with van der Waals surface area (Å²) in [5.74, 6) is -0.912. The summed E-state index contributed by atoms with van der Waals surface area (Å²) in [5.41, 5.74) is 3.33. The van der Waals surface area contributed by atoms with Gasteiger partial charge in [-0.15, -0.1) is 0 Å². The molecule has 1 heterocycles. The van der Waals surface area contributed by atoms with Gasteiger partial charge in [0.1, 0.15) is 5.69 Å². The summed E-state index contributed by atoms with van der Waals surface area (Å²) < 4.78 is 2.70. The Morgan fingerprint density at radius 2 is 2.00 bits per heavy atom. The maximum Gasteiger partial charge on any atom is 0.352 e. The van der Waals surface area contributed by atoms with Gasteiger partial charge >= 0.3 is 5.97 Å². The summed E-state index contributed by atoms with van der Waals surface area (Å²) in [4.78, 5) is 11.0. The molecule has 0 atom stereocenters. The van der Waals surface area contributed by atoms with E-state index >= 15 is 0 Å². The fraction of sp³-hybridized carbons (Fsp3) is 0.154. The molecule has 3 nitrogen and oxygen atoms in total. The number of carbonyl (C=O) groups is 1. The summed E-state index contributed by atoms with van der Waals surface area (Å²) >= 11 is 3.48. The van der Waals surface area contributed by atoms with Crippen molar-refractivity contribution in [2.75, 3.05) is 0 Å². The van der Waals surface area contributed by atoms with E-state index in [4.69, 9.17) is 5.11 Å². The second kappa shape index (κ2) is 4.37. The minimum atomic E-state index is -0.912. The first-order chi connectivity index (χ1) is 8.00. The molecule has 1 aromatic carbocycles. The Hall–Kier alpha value is -1.55. The van der Waals surface area contributed by atoms with E-state index < -0.39 is 5.97 Å². The molecule has 0 amide bonds. The number of hydrogen-bond donors (Lipinski definition) is 1. The number of benzene rings is 1. The van der Waals surface area contributed by atoms with Crippen LogP contribution in [0.25, 0.3) is 11.3 Å². The van der Waals surface area contributed by atoms with Gasteiger partial charge in [0, 0.05) is 17.2 Å². The summed E-state index contributed by atoms with van der Waals surface area (Å²) in [6.07, 6.45) is 0. The van der Waals surface area contributed by atoms with Crippen LogP contribution in [0.5, 0.6) is 0 Å². The van der Waals surface area contributed by atoms with Crippen LogP contribution >= 0.6 is 15.9 Å². The van der Waals surface area contributed by atoms with Crippen LogP contribution < -0.4 is 0 Å². The van der Waals surface area contributed by atoms with Crippen molar-refractivity contribution in [2.45, 2.75) is 6.92 Å². The molecule has 1 aromatic heterocycles. The van der Waals surface area contributed by atoms with Crippen LogP contribution in [0.1, 0.15) is 16.1 Å². The van der Waals surface area contributed by atoms with Gasteiger partial charge in [-0.3, -0.25) is 0 Å². The normalized spacial score (nSPS) is 10.5. The maximum atomic E-state index is 11.0. The average molecular weight is 294 g/mol. The van der Waals surface area contributed by atoms with Gasteiger partial charge < -0.3 is 9.67 Å². The molecule has 2 rings (SSSR count). The minimum Gasteiger partial charge on any atom is -0.477 e. The first kappa shape index (κ1) is 11.9. The Morgan fingerprint density at radius 1 is 1.29 bits per heavy atom. The Labute approximate surface area is 108 Å². The zero-order valence-corrected chi connectivity index (χ0v) is 11.2. The Kier molecular flexibility index (Phi) is 3.07. The summed E-state index contributed by atoms with van der Waals surface area (Å²) in [6.45, 7) is 2.02. The van der Waals surface area contributed by atoms with Gasteiger partial charge in [0.05, 0.1) is 0 Å². The van der Waals surface area contributed by atoms with Crippen molar-refractivity contribution in [3.8, 4) is 11.3 Å². The third-order valence-corrected chi connectivity index (χ3v) is 3.66. The first-order valence-electron chi connectivity index (χ1n) is 5.16. The number of rotatable bonds is 2. The predicted molar refractivity (Wildman–Crippen MR) is 70.2 cm³/mol. The number of hydrogen-bond acceptors (Lipinski definition) is 1. The van der Waals surface area contributed by atoms with E-state index in [-0.39, 0.29) is 5.69 Å². The second-order valence-corrected chi connectivity index (χ2v) is 4.79. The SMILES string of the molecule is Cc1ccc(-c2ccc(C(=O)O)n2C)cc1Br. The molecule has 0 saturated heterocycles. The lowest BCUT2D eigenvalue weighted by atomic mass is 10.1. The Balaban J connectivity index is 2.53. The van der Waals surface area contributed by atoms with E-state index in [1.165, 1.54) is 0 Å². The van der Waals surface area contributed by atoms with Crippen LogP contribution in [0.3, 0.4) is 0 Å². The molecule has 0 aliphatic carbocycles. The third kappa shape index (κ3) is 2.13. The maximum absolute atomic E-state index is 11.0. The molecule has 0 unspecified atom stereocenters. The highest BCUT2D eigenvalue weighted by Gasteiger charge is 2.12. The highest BCUT2D eigenvalue weighted by molar-refractivity contribution is 9.10. The zero-order chi connectivity index (χ0) is 12.6. The molecule has 2 aromatic rings. The van der Waals surface area contributed by atoms with Crippen LogP contribution in [0.15, 0.2) is 34.8 Å². The molecule has 88 valence electrons. The van der Waals surface area contributed by atoms with Gasteiger partial charge in [-0.05, 0) is 36.2 Å². The zero-order valence-electron chi connectivity index (χ0n) is 9.57. The number of carboxylic acids is 1. The van der Waals surface area contributed by atoms with E-state index in [1.807, 2.05) is 31.2 Å². The van der Waals surface area contributed by atoms with Crippen molar-refractivity contribution in [1.82, 2.24) is 4.57 Å². The number of halogens is 1. The number of aromatic carboxylic acids is 1. The lowest BCUT2D eigenvalue weighted by Crippen LogP contribution is -2.05. The van der Waals surface area contributed by atoms with E-state index in [9.17, 15) is 4.79 Å². The molecule has 0 aliphatic rings. The highest BCUT2D eigenvalue weighted by Crippen LogP contribution is 2.26. The fourth-order valence-electron chi connectivity index (χ4n) is 1.77. The van der Waals surface area contributed by atoms with E-state index in [2.05, 4.69) is 15.9 Å². The van der Waals surface area contributed by atoms with Crippen molar-refractivity contribution in [3.05, 3.63) is 46.1 Å².